The van der Waals surface area contributed by atoms with Crippen LogP contribution < -0.4 is 5.32 Å². The molecule has 0 spiro atoms. The van der Waals surface area contributed by atoms with E-state index in [1.165, 1.54) is 0 Å². The Labute approximate surface area is 123 Å². The van der Waals surface area contributed by atoms with Crippen molar-refractivity contribution in [3.05, 3.63) is 35.9 Å². The Morgan fingerprint density at radius 1 is 1.19 bits per heavy atom. The van der Waals surface area contributed by atoms with Gasteiger partial charge in [0.1, 0.15) is 0 Å². The number of urea groups is 1. The van der Waals surface area contributed by atoms with Gasteiger partial charge in [0.15, 0.2) is 0 Å². The van der Waals surface area contributed by atoms with E-state index in [2.05, 4.69) is 5.32 Å². The SMILES string of the molecule is O=C(O)CCNC(=O)N1CCC(O)(c2ccccc2)CC1. The van der Waals surface area contributed by atoms with Crippen molar-refractivity contribution in [1.82, 2.24) is 10.2 Å². The molecule has 0 aliphatic carbocycles. The van der Waals surface area contributed by atoms with E-state index in [1.807, 2.05) is 30.3 Å². The highest BCUT2D eigenvalue weighted by Crippen LogP contribution is 2.32. The van der Waals surface area contributed by atoms with Gasteiger partial charge in [-0.25, -0.2) is 4.79 Å². The number of carboxylic acid groups (broad SMARTS) is 1. The summed E-state index contributed by atoms with van der Waals surface area (Å²) in [6.45, 7) is 1.02. The number of aliphatic carboxylic acids is 1. The number of benzene rings is 1. The second kappa shape index (κ2) is 6.58. The van der Waals surface area contributed by atoms with E-state index in [0.717, 1.165) is 5.56 Å². The average Bonchev–Trinajstić information content (AvgIpc) is 2.48. The van der Waals surface area contributed by atoms with Crippen molar-refractivity contribution < 1.29 is 19.8 Å². The maximum atomic E-state index is 11.9. The van der Waals surface area contributed by atoms with Crippen molar-refractivity contribution in [2.45, 2.75) is 24.9 Å². The molecule has 2 amide bonds. The Morgan fingerprint density at radius 3 is 2.38 bits per heavy atom. The topological polar surface area (TPSA) is 89.9 Å². The minimum absolute atomic E-state index is 0.0897. The molecule has 0 bridgehead atoms. The molecule has 1 aliphatic rings. The Morgan fingerprint density at radius 2 is 1.81 bits per heavy atom. The second-order valence-electron chi connectivity index (χ2n) is 5.26. The van der Waals surface area contributed by atoms with Gasteiger partial charge in [0.05, 0.1) is 12.0 Å². The third-order valence-electron chi connectivity index (χ3n) is 3.80. The summed E-state index contributed by atoms with van der Waals surface area (Å²) in [7, 11) is 0. The van der Waals surface area contributed by atoms with Crippen molar-refractivity contribution in [1.29, 1.82) is 0 Å². The van der Waals surface area contributed by atoms with Gasteiger partial charge in [-0.2, -0.15) is 0 Å². The fraction of sp³-hybridized carbons (Fsp3) is 0.467. The summed E-state index contributed by atoms with van der Waals surface area (Å²) >= 11 is 0. The fourth-order valence-electron chi connectivity index (χ4n) is 2.50. The zero-order valence-corrected chi connectivity index (χ0v) is 11.8. The summed E-state index contributed by atoms with van der Waals surface area (Å²) in [5, 5.41) is 21.8. The first kappa shape index (κ1) is 15.3. The molecule has 6 nitrogen and oxygen atoms in total. The Bertz CT molecular complexity index is 496. The first-order chi connectivity index (χ1) is 10.0. The molecule has 21 heavy (non-hydrogen) atoms. The molecule has 1 saturated heterocycles. The van der Waals surface area contributed by atoms with Gasteiger partial charge in [-0.15, -0.1) is 0 Å². The molecule has 0 atom stereocenters. The lowest BCUT2D eigenvalue weighted by atomic mass is 9.84. The molecule has 6 heteroatoms. The number of aliphatic hydroxyl groups is 1. The molecular weight excluding hydrogens is 272 g/mol. The number of amides is 2. The van der Waals surface area contributed by atoms with Crippen LogP contribution in [0.2, 0.25) is 0 Å². The molecule has 1 fully saturated rings. The van der Waals surface area contributed by atoms with E-state index < -0.39 is 11.6 Å². The summed E-state index contributed by atoms with van der Waals surface area (Å²) in [5.74, 6) is -0.938. The maximum absolute atomic E-state index is 11.9. The number of likely N-dealkylation sites (tertiary alicyclic amines) is 1. The van der Waals surface area contributed by atoms with Crippen molar-refractivity contribution in [3.63, 3.8) is 0 Å². The molecule has 2 rings (SSSR count). The van der Waals surface area contributed by atoms with Crippen molar-refractivity contribution in [2.24, 2.45) is 0 Å². The summed E-state index contributed by atoms with van der Waals surface area (Å²) in [5.41, 5.74) is -0.0185. The van der Waals surface area contributed by atoms with E-state index in [-0.39, 0.29) is 19.0 Å². The quantitative estimate of drug-likeness (QED) is 0.776. The van der Waals surface area contributed by atoms with Crippen LogP contribution in [0.15, 0.2) is 30.3 Å². The third kappa shape index (κ3) is 3.95. The summed E-state index contributed by atoms with van der Waals surface area (Å²) in [6, 6.07) is 9.19. The predicted octanol–water partition coefficient (Wildman–Crippen LogP) is 1.15. The van der Waals surface area contributed by atoms with E-state index in [4.69, 9.17) is 5.11 Å². The van der Waals surface area contributed by atoms with Crippen molar-refractivity contribution in [3.8, 4) is 0 Å². The van der Waals surface area contributed by atoms with Gasteiger partial charge in [-0.05, 0) is 18.4 Å². The molecule has 0 aromatic heterocycles. The molecule has 1 aromatic carbocycles. The molecule has 1 aromatic rings. The summed E-state index contributed by atoms with van der Waals surface area (Å²) in [4.78, 5) is 23.9. The van der Waals surface area contributed by atoms with Crippen LogP contribution in [0, 0.1) is 0 Å². The van der Waals surface area contributed by atoms with Crippen LogP contribution in [0.1, 0.15) is 24.8 Å². The van der Waals surface area contributed by atoms with Crippen LogP contribution in [-0.4, -0.2) is 46.7 Å². The number of hydrogen-bond donors (Lipinski definition) is 3. The summed E-state index contributed by atoms with van der Waals surface area (Å²) in [6.07, 6.45) is 0.861. The van der Waals surface area contributed by atoms with E-state index >= 15 is 0 Å². The number of piperidine rings is 1. The molecule has 0 radical (unpaired) electrons. The van der Waals surface area contributed by atoms with Gasteiger partial charge >= 0.3 is 12.0 Å². The standard InChI is InChI=1S/C15H20N2O4/c18-13(19)6-9-16-14(20)17-10-7-15(21,8-11-17)12-4-2-1-3-5-12/h1-5,21H,6-11H2,(H,16,20)(H,18,19). The van der Waals surface area contributed by atoms with Gasteiger partial charge in [0, 0.05) is 19.6 Å². The smallest absolute Gasteiger partial charge is 0.317 e. The molecule has 3 N–H and O–H groups in total. The van der Waals surface area contributed by atoms with Crippen LogP contribution in [0.5, 0.6) is 0 Å². The third-order valence-corrected chi connectivity index (χ3v) is 3.80. The summed E-state index contributed by atoms with van der Waals surface area (Å²) < 4.78 is 0. The number of rotatable bonds is 4. The van der Waals surface area contributed by atoms with Gasteiger partial charge in [-0.1, -0.05) is 30.3 Å². The number of carbonyl (C=O) groups is 2. The number of nitrogens with zero attached hydrogens (tertiary/aromatic N) is 1. The van der Waals surface area contributed by atoms with Gasteiger partial charge in [0.2, 0.25) is 0 Å². The van der Waals surface area contributed by atoms with E-state index in [1.54, 1.807) is 4.90 Å². The van der Waals surface area contributed by atoms with E-state index in [0.29, 0.717) is 25.9 Å². The average molecular weight is 292 g/mol. The van der Waals surface area contributed by atoms with Crippen molar-refractivity contribution in [2.75, 3.05) is 19.6 Å². The highest BCUT2D eigenvalue weighted by Gasteiger charge is 2.35. The largest absolute Gasteiger partial charge is 0.481 e. The van der Waals surface area contributed by atoms with Gasteiger partial charge < -0.3 is 20.4 Å². The van der Waals surface area contributed by atoms with Crippen LogP contribution in [0.4, 0.5) is 4.79 Å². The number of carboxylic acids is 1. The Balaban J connectivity index is 1.85. The van der Waals surface area contributed by atoms with Crippen molar-refractivity contribution >= 4 is 12.0 Å². The van der Waals surface area contributed by atoms with Crippen LogP contribution in [-0.2, 0) is 10.4 Å². The molecule has 1 aliphatic heterocycles. The Kier molecular flexibility index (Phi) is 4.80. The van der Waals surface area contributed by atoms with Crippen LogP contribution in [0.25, 0.3) is 0 Å². The number of hydrogen-bond acceptors (Lipinski definition) is 3. The zero-order valence-electron chi connectivity index (χ0n) is 11.8. The second-order valence-corrected chi connectivity index (χ2v) is 5.26. The highest BCUT2D eigenvalue weighted by atomic mass is 16.4. The lowest BCUT2D eigenvalue weighted by molar-refractivity contribution is -0.136. The fourth-order valence-corrected chi connectivity index (χ4v) is 2.50. The Hall–Kier alpha value is -2.08. The number of nitrogens with one attached hydrogen (secondary N) is 1. The molecule has 114 valence electrons. The lowest BCUT2D eigenvalue weighted by Crippen LogP contribution is -2.49. The van der Waals surface area contributed by atoms with E-state index in [9.17, 15) is 14.7 Å². The normalized spacial score (nSPS) is 17.3. The van der Waals surface area contributed by atoms with Gasteiger partial charge in [0.25, 0.3) is 0 Å². The highest BCUT2D eigenvalue weighted by molar-refractivity contribution is 5.75. The minimum atomic E-state index is -0.938. The predicted molar refractivity (Wildman–Crippen MR) is 76.8 cm³/mol. The minimum Gasteiger partial charge on any atom is -0.481 e. The lowest BCUT2D eigenvalue weighted by Gasteiger charge is -2.38. The van der Waals surface area contributed by atoms with Crippen LogP contribution in [0.3, 0.4) is 0 Å². The first-order valence-corrected chi connectivity index (χ1v) is 7.04. The molecule has 0 saturated carbocycles. The first-order valence-electron chi connectivity index (χ1n) is 7.04. The number of carbonyl (C=O) groups excluding carboxylic acids is 1. The molecule has 1 heterocycles. The monoisotopic (exact) mass is 292 g/mol. The van der Waals surface area contributed by atoms with Gasteiger partial charge in [-0.3, -0.25) is 4.79 Å². The molecule has 0 unspecified atom stereocenters. The zero-order chi connectivity index (χ0) is 15.3. The molecular formula is C15H20N2O4. The van der Waals surface area contributed by atoms with Crippen LogP contribution >= 0.6 is 0 Å². The maximum Gasteiger partial charge on any atom is 0.317 e.